The quantitative estimate of drug-likeness (QED) is 0.329. The molecule has 0 aromatic rings. The zero-order valence-electron chi connectivity index (χ0n) is 18.8. The van der Waals surface area contributed by atoms with Crippen LogP contribution in [0.4, 0.5) is 0 Å². The van der Waals surface area contributed by atoms with Gasteiger partial charge in [-0.1, -0.05) is 6.42 Å². The third-order valence-corrected chi connectivity index (χ3v) is 6.72. The monoisotopic (exact) mass is 522 g/mol. The van der Waals surface area contributed by atoms with Gasteiger partial charge in [0.25, 0.3) is 0 Å². The van der Waals surface area contributed by atoms with Crippen molar-refractivity contribution in [1.29, 1.82) is 0 Å². The molecule has 3 atom stereocenters. The highest BCUT2D eigenvalue weighted by Crippen LogP contribution is 2.20. The predicted molar refractivity (Wildman–Crippen MR) is 130 cm³/mol. The smallest absolute Gasteiger partial charge is 0.193 e. The lowest BCUT2D eigenvalue weighted by atomic mass is 10.0. The van der Waals surface area contributed by atoms with Gasteiger partial charge in [-0.3, -0.25) is 9.89 Å². The van der Waals surface area contributed by atoms with Crippen LogP contribution in [0.3, 0.4) is 0 Å². The number of likely N-dealkylation sites (tertiary alicyclic amines) is 2. The molecule has 7 heteroatoms. The number of hydrogen-bond acceptors (Lipinski definition) is 4. The van der Waals surface area contributed by atoms with E-state index in [1.54, 1.807) is 0 Å². The van der Waals surface area contributed by atoms with Gasteiger partial charge in [-0.2, -0.15) is 0 Å². The first-order valence-electron chi connectivity index (χ1n) is 11.6. The van der Waals surface area contributed by atoms with Crippen molar-refractivity contribution in [2.75, 3.05) is 46.4 Å². The topological polar surface area (TPSA) is 49.3 Å². The molecule has 3 fully saturated rings. The molecule has 0 aliphatic carbocycles. The average Bonchev–Trinajstić information content (AvgIpc) is 2.74. The molecule has 3 aliphatic heterocycles. The summed E-state index contributed by atoms with van der Waals surface area (Å²) in [6.45, 7) is 10.6. The summed E-state index contributed by atoms with van der Waals surface area (Å²) < 4.78 is 11.9. The summed E-state index contributed by atoms with van der Waals surface area (Å²) in [6.07, 6.45) is 10.5. The zero-order valence-corrected chi connectivity index (χ0v) is 21.1. The van der Waals surface area contributed by atoms with Gasteiger partial charge >= 0.3 is 0 Å². The first kappa shape index (κ1) is 25.1. The summed E-state index contributed by atoms with van der Waals surface area (Å²) in [5.74, 6) is 1.05. The van der Waals surface area contributed by atoms with E-state index < -0.39 is 0 Å². The maximum atomic E-state index is 6.15. The maximum absolute atomic E-state index is 6.15. The Morgan fingerprint density at radius 3 is 2.52 bits per heavy atom. The number of guanidine groups is 1. The van der Waals surface area contributed by atoms with Crippen LogP contribution in [-0.4, -0.2) is 86.5 Å². The minimum atomic E-state index is 0. The first-order chi connectivity index (χ1) is 13.7. The fraction of sp³-hybridized carbons (Fsp3) is 0.955. The molecule has 1 N–H and O–H groups in total. The molecule has 3 aliphatic rings. The summed E-state index contributed by atoms with van der Waals surface area (Å²) in [5, 5.41) is 3.63. The summed E-state index contributed by atoms with van der Waals surface area (Å²) in [5.41, 5.74) is 0. The molecule has 0 radical (unpaired) electrons. The summed E-state index contributed by atoms with van der Waals surface area (Å²) in [6, 6.07) is 1.25. The lowest BCUT2D eigenvalue weighted by Crippen LogP contribution is -2.52. The number of ether oxygens (including phenoxy) is 2. The van der Waals surface area contributed by atoms with E-state index in [2.05, 4.69) is 34.0 Å². The Labute approximate surface area is 195 Å². The highest BCUT2D eigenvalue weighted by atomic mass is 127. The second kappa shape index (κ2) is 13.3. The average molecular weight is 523 g/mol. The molecule has 3 rings (SSSR count). The van der Waals surface area contributed by atoms with Crippen LogP contribution in [0.1, 0.15) is 65.2 Å². The Morgan fingerprint density at radius 1 is 1.10 bits per heavy atom. The predicted octanol–water partition coefficient (Wildman–Crippen LogP) is 3.49. The molecule has 3 saturated heterocycles. The fourth-order valence-corrected chi connectivity index (χ4v) is 4.88. The third-order valence-electron chi connectivity index (χ3n) is 6.72. The maximum Gasteiger partial charge on any atom is 0.193 e. The van der Waals surface area contributed by atoms with Crippen LogP contribution in [0.25, 0.3) is 0 Å². The van der Waals surface area contributed by atoms with Gasteiger partial charge in [0.1, 0.15) is 0 Å². The Balaban J connectivity index is 0.00000300. The number of piperidine rings is 2. The number of rotatable bonds is 6. The van der Waals surface area contributed by atoms with E-state index in [-0.39, 0.29) is 24.0 Å². The Hall–Kier alpha value is -0.120. The third kappa shape index (κ3) is 7.82. The van der Waals surface area contributed by atoms with Gasteiger partial charge in [0.2, 0.25) is 0 Å². The summed E-state index contributed by atoms with van der Waals surface area (Å²) in [7, 11) is 1.90. The van der Waals surface area contributed by atoms with Gasteiger partial charge in [0.15, 0.2) is 5.96 Å². The molecule has 3 unspecified atom stereocenters. The SMILES string of the molecule is CN=C(NCC(C)N1CCCCC1C)N1CCC(OCC2CCCCO2)CC1.I. The van der Waals surface area contributed by atoms with E-state index in [1.807, 2.05) is 7.05 Å². The van der Waals surface area contributed by atoms with E-state index in [0.29, 0.717) is 24.3 Å². The number of nitrogens with one attached hydrogen (secondary N) is 1. The van der Waals surface area contributed by atoms with E-state index in [9.17, 15) is 0 Å². The number of aliphatic imine (C=N–C) groups is 1. The molecule has 0 amide bonds. The van der Waals surface area contributed by atoms with Gasteiger partial charge in [0, 0.05) is 45.4 Å². The molecular weight excluding hydrogens is 479 g/mol. The largest absolute Gasteiger partial charge is 0.376 e. The molecule has 6 nitrogen and oxygen atoms in total. The van der Waals surface area contributed by atoms with Crippen molar-refractivity contribution >= 4 is 29.9 Å². The van der Waals surface area contributed by atoms with Crippen LogP contribution in [0.2, 0.25) is 0 Å². The second-order valence-corrected chi connectivity index (χ2v) is 8.87. The minimum Gasteiger partial charge on any atom is -0.376 e. The van der Waals surface area contributed by atoms with Crippen LogP contribution in [0.15, 0.2) is 4.99 Å². The van der Waals surface area contributed by atoms with E-state index in [4.69, 9.17) is 9.47 Å². The lowest BCUT2D eigenvalue weighted by Gasteiger charge is -2.39. The van der Waals surface area contributed by atoms with E-state index >= 15 is 0 Å². The normalized spacial score (nSPS) is 28.7. The van der Waals surface area contributed by atoms with Gasteiger partial charge in [-0.25, -0.2) is 0 Å². The lowest BCUT2D eigenvalue weighted by molar-refractivity contribution is -0.0721. The molecule has 0 aromatic heterocycles. The van der Waals surface area contributed by atoms with Crippen LogP contribution in [-0.2, 0) is 9.47 Å². The van der Waals surface area contributed by atoms with Crippen molar-refractivity contribution in [3.05, 3.63) is 0 Å². The van der Waals surface area contributed by atoms with Crippen molar-refractivity contribution in [2.24, 2.45) is 4.99 Å². The van der Waals surface area contributed by atoms with Crippen molar-refractivity contribution in [3.8, 4) is 0 Å². The molecule has 0 aromatic carbocycles. The van der Waals surface area contributed by atoms with Gasteiger partial charge in [-0.15, -0.1) is 24.0 Å². The molecule has 0 spiro atoms. The standard InChI is InChI=1S/C22H42N4O2.HI/c1-18-8-4-6-12-26(18)19(2)16-24-22(23-3)25-13-10-20(11-14-25)28-17-21-9-5-7-15-27-21;/h18-21H,4-17H2,1-3H3,(H,23,24);1H. The minimum absolute atomic E-state index is 0. The van der Waals surface area contributed by atoms with Crippen LogP contribution >= 0.6 is 24.0 Å². The number of nitrogens with zero attached hydrogens (tertiary/aromatic N) is 3. The molecule has 29 heavy (non-hydrogen) atoms. The Kier molecular flexibility index (Phi) is 11.6. The van der Waals surface area contributed by atoms with E-state index in [0.717, 1.165) is 58.1 Å². The molecule has 0 bridgehead atoms. The van der Waals surface area contributed by atoms with E-state index in [1.165, 1.54) is 38.6 Å². The molecule has 0 saturated carbocycles. The van der Waals surface area contributed by atoms with Gasteiger partial charge < -0.3 is 19.7 Å². The number of hydrogen-bond donors (Lipinski definition) is 1. The molecule has 3 heterocycles. The highest BCUT2D eigenvalue weighted by Gasteiger charge is 2.26. The molecule has 170 valence electrons. The van der Waals surface area contributed by atoms with Crippen molar-refractivity contribution in [2.45, 2.75) is 89.5 Å². The van der Waals surface area contributed by atoms with Crippen molar-refractivity contribution < 1.29 is 9.47 Å². The molecular formula is C22H43IN4O2. The fourth-order valence-electron chi connectivity index (χ4n) is 4.88. The summed E-state index contributed by atoms with van der Waals surface area (Å²) >= 11 is 0. The first-order valence-corrected chi connectivity index (χ1v) is 11.6. The number of halogens is 1. The zero-order chi connectivity index (χ0) is 19.8. The highest BCUT2D eigenvalue weighted by molar-refractivity contribution is 14.0. The van der Waals surface area contributed by atoms with Crippen molar-refractivity contribution in [3.63, 3.8) is 0 Å². The van der Waals surface area contributed by atoms with Gasteiger partial charge in [-0.05, 0) is 65.3 Å². The van der Waals surface area contributed by atoms with Crippen LogP contribution < -0.4 is 5.32 Å². The van der Waals surface area contributed by atoms with Crippen molar-refractivity contribution in [1.82, 2.24) is 15.1 Å². The summed E-state index contributed by atoms with van der Waals surface area (Å²) in [4.78, 5) is 9.59. The Bertz CT molecular complexity index is 479. The van der Waals surface area contributed by atoms with Crippen LogP contribution in [0.5, 0.6) is 0 Å². The van der Waals surface area contributed by atoms with Gasteiger partial charge in [0.05, 0.1) is 18.8 Å². The Morgan fingerprint density at radius 2 is 1.86 bits per heavy atom. The van der Waals surface area contributed by atoms with Crippen LogP contribution in [0, 0.1) is 0 Å². The second-order valence-electron chi connectivity index (χ2n) is 8.87.